The number of nitrogens with zero attached hydrogens (tertiary/aromatic N) is 1. The highest BCUT2D eigenvalue weighted by Crippen LogP contribution is 2.34. The van der Waals surface area contributed by atoms with E-state index in [1.165, 1.54) is 44.3 Å². The molecule has 0 aliphatic carbocycles. The van der Waals surface area contributed by atoms with Crippen molar-refractivity contribution in [1.29, 1.82) is 0 Å². The number of fused-ring (bicyclic) bond motifs is 1. The number of aryl methyl sites for hydroxylation is 3. The monoisotopic (exact) mass is 318 g/mol. The molecule has 0 saturated carbocycles. The molecule has 1 heteroatoms. The zero-order valence-corrected chi connectivity index (χ0v) is 16.0. The minimum Gasteiger partial charge on any atom is -0.200 e. The van der Waals surface area contributed by atoms with E-state index < -0.39 is 0 Å². The van der Waals surface area contributed by atoms with E-state index in [0.29, 0.717) is 0 Å². The standard InChI is InChI=1S/C23H28N/c1-15-8-9-20-18(12-15)10-11-24(7)22(20)21-14-19(23(4,5)6)13-16(2)17(21)3/h8-14H,1-7H3/q+1. The molecule has 124 valence electrons. The average Bonchev–Trinajstić information content (AvgIpc) is 2.49. The molecule has 0 radical (unpaired) electrons. The molecule has 0 unspecified atom stereocenters. The van der Waals surface area contributed by atoms with Crippen LogP contribution in [0.3, 0.4) is 0 Å². The maximum absolute atomic E-state index is 2.39. The lowest BCUT2D eigenvalue weighted by molar-refractivity contribution is -0.659. The minimum atomic E-state index is 0.146. The van der Waals surface area contributed by atoms with E-state index in [9.17, 15) is 0 Å². The Morgan fingerprint density at radius 1 is 0.875 bits per heavy atom. The van der Waals surface area contributed by atoms with Gasteiger partial charge in [0.05, 0.1) is 10.9 Å². The molecule has 0 amide bonds. The Labute approximate surface area is 146 Å². The Kier molecular flexibility index (Phi) is 3.99. The minimum absolute atomic E-state index is 0.146. The third kappa shape index (κ3) is 2.84. The summed E-state index contributed by atoms with van der Waals surface area (Å²) >= 11 is 0. The highest BCUT2D eigenvalue weighted by Gasteiger charge is 2.22. The molecule has 0 bridgehead atoms. The van der Waals surface area contributed by atoms with E-state index >= 15 is 0 Å². The molecule has 1 nitrogen and oxygen atoms in total. The molecule has 24 heavy (non-hydrogen) atoms. The molecular weight excluding hydrogens is 290 g/mol. The van der Waals surface area contributed by atoms with Gasteiger partial charge in [-0.15, -0.1) is 0 Å². The highest BCUT2D eigenvalue weighted by molar-refractivity contribution is 5.94. The first-order valence-electron chi connectivity index (χ1n) is 8.69. The summed E-state index contributed by atoms with van der Waals surface area (Å²) in [5.41, 5.74) is 8.22. The third-order valence-corrected chi connectivity index (χ3v) is 5.08. The first-order chi connectivity index (χ1) is 11.2. The van der Waals surface area contributed by atoms with Gasteiger partial charge in [-0.25, -0.2) is 4.57 Å². The van der Waals surface area contributed by atoms with Crippen LogP contribution in [0.15, 0.2) is 42.6 Å². The fraction of sp³-hybridized carbons (Fsp3) is 0.348. The summed E-state index contributed by atoms with van der Waals surface area (Å²) < 4.78 is 2.26. The number of aromatic nitrogens is 1. The molecular formula is C23H28N+. The van der Waals surface area contributed by atoms with Crippen molar-refractivity contribution >= 4 is 10.8 Å². The van der Waals surface area contributed by atoms with Gasteiger partial charge in [0.25, 0.3) is 0 Å². The van der Waals surface area contributed by atoms with E-state index in [2.05, 4.69) is 95.8 Å². The molecule has 1 heterocycles. The van der Waals surface area contributed by atoms with Crippen molar-refractivity contribution in [3.63, 3.8) is 0 Å². The summed E-state index contributed by atoms with van der Waals surface area (Å²) in [6.45, 7) is 13.5. The van der Waals surface area contributed by atoms with Crippen LogP contribution in [0.25, 0.3) is 22.0 Å². The molecule has 1 aromatic heterocycles. The molecule has 0 saturated heterocycles. The molecule has 2 aromatic carbocycles. The molecule has 0 N–H and O–H groups in total. The maximum atomic E-state index is 2.39. The normalized spacial score (nSPS) is 12.0. The van der Waals surface area contributed by atoms with Crippen molar-refractivity contribution in [1.82, 2.24) is 0 Å². The van der Waals surface area contributed by atoms with E-state index in [1.807, 2.05) is 0 Å². The molecule has 0 atom stereocenters. The number of pyridine rings is 1. The SMILES string of the molecule is Cc1ccc2c(-c3cc(C(C)(C)C)cc(C)c3C)[n+](C)ccc2c1. The van der Waals surface area contributed by atoms with Crippen molar-refractivity contribution in [2.45, 2.75) is 47.0 Å². The highest BCUT2D eigenvalue weighted by atomic mass is 14.9. The van der Waals surface area contributed by atoms with Crippen LogP contribution in [-0.2, 0) is 12.5 Å². The van der Waals surface area contributed by atoms with Gasteiger partial charge in [-0.2, -0.15) is 0 Å². The second-order valence-corrected chi connectivity index (χ2v) is 8.08. The zero-order valence-electron chi connectivity index (χ0n) is 16.0. The Morgan fingerprint density at radius 3 is 2.25 bits per heavy atom. The van der Waals surface area contributed by atoms with E-state index in [0.717, 1.165) is 0 Å². The lowest BCUT2D eigenvalue weighted by Gasteiger charge is -2.22. The van der Waals surface area contributed by atoms with Gasteiger partial charge in [0, 0.05) is 6.07 Å². The topological polar surface area (TPSA) is 3.88 Å². The van der Waals surface area contributed by atoms with Crippen molar-refractivity contribution in [2.24, 2.45) is 7.05 Å². The molecule has 3 rings (SSSR count). The predicted octanol–water partition coefficient (Wildman–Crippen LogP) is 5.55. The van der Waals surface area contributed by atoms with E-state index in [1.54, 1.807) is 0 Å². The number of rotatable bonds is 1. The maximum Gasteiger partial charge on any atom is 0.220 e. The van der Waals surface area contributed by atoms with Crippen LogP contribution in [0, 0.1) is 20.8 Å². The van der Waals surface area contributed by atoms with Crippen LogP contribution in [-0.4, -0.2) is 0 Å². The quantitative estimate of drug-likeness (QED) is 0.518. The first kappa shape index (κ1) is 16.7. The smallest absolute Gasteiger partial charge is 0.200 e. The number of hydrogen-bond acceptors (Lipinski definition) is 0. The van der Waals surface area contributed by atoms with Crippen LogP contribution in [0.5, 0.6) is 0 Å². The van der Waals surface area contributed by atoms with Crippen LogP contribution >= 0.6 is 0 Å². The summed E-state index contributed by atoms with van der Waals surface area (Å²) in [4.78, 5) is 0. The summed E-state index contributed by atoms with van der Waals surface area (Å²) in [5.74, 6) is 0. The molecule has 3 aromatic rings. The van der Waals surface area contributed by atoms with Crippen molar-refractivity contribution in [3.8, 4) is 11.3 Å². The van der Waals surface area contributed by atoms with Crippen molar-refractivity contribution < 1.29 is 4.57 Å². The molecule has 0 spiro atoms. The third-order valence-electron chi connectivity index (χ3n) is 5.08. The average molecular weight is 318 g/mol. The van der Waals surface area contributed by atoms with E-state index in [-0.39, 0.29) is 5.41 Å². The van der Waals surface area contributed by atoms with Crippen molar-refractivity contribution in [3.05, 3.63) is 64.8 Å². The first-order valence-corrected chi connectivity index (χ1v) is 8.69. The van der Waals surface area contributed by atoms with Crippen LogP contribution in [0.1, 0.15) is 43.0 Å². The van der Waals surface area contributed by atoms with Gasteiger partial charge in [0.2, 0.25) is 5.69 Å². The van der Waals surface area contributed by atoms with Crippen molar-refractivity contribution in [2.75, 3.05) is 0 Å². The van der Waals surface area contributed by atoms with Gasteiger partial charge in [0.15, 0.2) is 6.20 Å². The fourth-order valence-corrected chi connectivity index (χ4v) is 3.37. The Hall–Kier alpha value is -2.15. The van der Waals surface area contributed by atoms with Crippen LogP contribution < -0.4 is 4.57 Å². The number of benzene rings is 2. The van der Waals surface area contributed by atoms with Crippen LogP contribution in [0.2, 0.25) is 0 Å². The summed E-state index contributed by atoms with van der Waals surface area (Å²) in [7, 11) is 2.15. The van der Waals surface area contributed by atoms with Gasteiger partial charge in [-0.3, -0.25) is 0 Å². The Bertz CT molecular complexity index is 927. The Morgan fingerprint density at radius 2 is 1.58 bits per heavy atom. The molecule has 0 fully saturated rings. The second kappa shape index (κ2) is 5.73. The molecule has 0 aliphatic rings. The fourth-order valence-electron chi connectivity index (χ4n) is 3.37. The second-order valence-electron chi connectivity index (χ2n) is 8.08. The van der Waals surface area contributed by atoms with Gasteiger partial charge < -0.3 is 0 Å². The lowest BCUT2D eigenvalue weighted by atomic mass is 9.83. The summed E-state index contributed by atoms with van der Waals surface area (Å²) in [6, 6.07) is 13.7. The largest absolute Gasteiger partial charge is 0.220 e. The van der Waals surface area contributed by atoms with Gasteiger partial charge in [-0.1, -0.05) is 44.5 Å². The van der Waals surface area contributed by atoms with Gasteiger partial charge in [0.1, 0.15) is 7.05 Å². The van der Waals surface area contributed by atoms with E-state index in [4.69, 9.17) is 0 Å². The summed E-state index contributed by atoms with van der Waals surface area (Å²) in [6.07, 6.45) is 2.18. The lowest BCUT2D eigenvalue weighted by Crippen LogP contribution is -2.31. The van der Waals surface area contributed by atoms with Gasteiger partial charge >= 0.3 is 0 Å². The number of hydrogen-bond donors (Lipinski definition) is 0. The Balaban J connectivity index is 2.39. The molecule has 0 aliphatic heterocycles. The predicted molar refractivity (Wildman–Crippen MR) is 103 cm³/mol. The van der Waals surface area contributed by atoms with Gasteiger partial charge in [-0.05, 0) is 60.4 Å². The van der Waals surface area contributed by atoms with Crippen LogP contribution in [0.4, 0.5) is 0 Å². The summed E-state index contributed by atoms with van der Waals surface area (Å²) in [5, 5.41) is 2.63. The zero-order chi connectivity index (χ0) is 17.6.